The molecule has 1 aromatic heterocycles. The van der Waals surface area contributed by atoms with E-state index in [-0.39, 0.29) is 12.1 Å². The normalized spacial score (nSPS) is 10.8. The number of hydrogen-bond acceptors (Lipinski definition) is 4. The fraction of sp³-hybridized carbons (Fsp3) is 0.667. The lowest BCUT2D eigenvalue weighted by Crippen LogP contribution is -2.28. The topological polar surface area (TPSA) is 81.4 Å². The molecule has 0 aromatic carbocycles. The van der Waals surface area contributed by atoms with Crippen molar-refractivity contribution in [3.63, 3.8) is 0 Å². The van der Waals surface area contributed by atoms with Gasteiger partial charge in [-0.1, -0.05) is 6.92 Å². The quantitative estimate of drug-likeness (QED) is 0.701. The van der Waals surface area contributed by atoms with Gasteiger partial charge in [0.2, 0.25) is 0 Å². The summed E-state index contributed by atoms with van der Waals surface area (Å²) < 4.78 is 7.01. The molecule has 0 bridgehead atoms. The molecule has 6 nitrogen and oxygen atoms in total. The van der Waals surface area contributed by atoms with Crippen molar-refractivity contribution in [2.45, 2.75) is 53.0 Å². The van der Waals surface area contributed by atoms with E-state index in [1.54, 1.807) is 11.5 Å². The fourth-order valence-corrected chi connectivity index (χ4v) is 2.27. The standard InChI is InChI=1S/C15H24N2O4/c1-4-9-21-10-5-8-17-12(3)13(6-7-14(18)19)11(2)16-15(17)20/h4-10H2,1-3H3,(H,18,19). The van der Waals surface area contributed by atoms with Gasteiger partial charge in [-0.15, -0.1) is 0 Å². The minimum absolute atomic E-state index is 0.0428. The van der Waals surface area contributed by atoms with Crippen LogP contribution in [0.2, 0.25) is 0 Å². The zero-order valence-corrected chi connectivity index (χ0v) is 13.0. The van der Waals surface area contributed by atoms with Gasteiger partial charge in [0.1, 0.15) is 0 Å². The largest absolute Gasteiger partial charge is 0.481 e. The van der Waals surface area contributed by atoms with Crippen molar-refractivity contribution in [1.82, 2.24) is 9.55 Å². The van der Waals surface area contributed by atoms with Crippen LogP contribution in [0.1, 0.15) is 43.1 Å². The van der Waals surface area contributed by atoms with Crippen molar-refractivity contribution in [2.75, 3.05) is 13.2 Å². The van der Waals surface area contributed by atoms with Gasteiger partial charge in [-0.05, 0) is 38.7 Å². The molecule has 0 aliphatic rings. The molecule has 1 N–H and O–H groups in total. The van der Waals surface area contributed by atoms with E-state index in [4.69, 9.17) is 9.84 Å². The van der Waals surface area contributed by atoms with Crippen molar-refractivity contribution in [3.8, 4) is 0 Å². The van der Waals surface area contributed by atoms with Gasteiger partial charge in [0, 0.05) is 37.6 Å². The van der Waals surface area contributed by atoms with Gasteiger partial charge in [0.15, 0.2) is 0 Å². The third-order valence-corrected chi connectivity index (χ3v) is 3.38. The Balaban J connectivity index is 2.81. The van der Waals surface area contributed by atoms with Crippen LogP contribution in [0, 0.1) is 13.8 Å². The maximum absolute atomic E-state index is 12.0. The molecule has 1 aromatic rings. The van der Waals surface area contributed by atoms with E-state index >= 15 is 0 Å². The molecule has 0 fully saturated rings. The molecule has 118 valence electrons. The molecule has 1 heterocycles. The Bertz CT molecular complexity index is 537. The highest BCUT2D eigenvalue weighted by atomic mass is 16.5. The van der Waals surface area contributed by atoms with E-state index < -0.39 is 5.97 Å². The number of carboxylic acid groups (broad SMARTS) is 1. The molecule has 0 atom stereocenters. The molecule has 0 aliphatic carbocycles. The van der Waals surface area contributed by atoms with Crippen LogP contribution in [-0.2, 0) is 22.5 Å². The predicted octanol–water partition coefficient (Wildman–Crippen LogP) is 1.69. The molecule has 0 radical (unpaired) electrons. The van der Waals surface area contributed by atoms with Gasteiger partial charge >= 0.3 is 11.7 Å². The number of nitrogens with zero attached hydrogens (tertiary/aromatic N) is 2. The summed E-state index contributed by atoms with van der Waals surface area (Å²) in [6.07, 6.45) is 2.15. The van der Waals surface area contributed by atoms with Gasteiger partial charge in [-0.2, -0.15) is 4.98 Å². The fourth-order valence-electron chi connectivity index (χ4n) is 2.27. The van der Waals surface area contributed by atoms with Gasteiger partial charge in [-0.3, -0.25) is 9.36 Å². The first kappa shape index (κ1) is 17.4. The van der Waals surface area contributed by atoms with Crippen molar-refractivity contribution in [3.05, 3.63) is 27.4 Å². The maximum atomic E-state index is 12.0. The highest BCUT2D eigenvalue weighted by molar-refractivity contribution is 5.67. The third kappa shape index (κ3) is 5.30. The molecule has 21 heavy (non-hydrogen) atoms. The predicted molar refractivity (Wildman–Crippen MR) is 79.7 cm³/mol. The second kappa shape index (κ2) is 8.56. The highest BCUT2D eigenvalue weighted by Crippen LogP contribution is 2.12. The van der Waals surface area contributed by atoms with Gasteiger partial charge in [-0.25, -0.2) is 4.79 Å². The first-order valence-electron chi connectivity index (χ1n) is 7.33. The Hall–Kier alpha value is -1.69. The summed E-state index contributed by atoms with van der Waals surface area (Å²) in [6, 6.07) is 0. The van der Waals surface area contributed by atoms with E-state index in [0.29, 0.717) is 25.3 Å². The van der Waals surface area contributed by atoms with Crippen LogP contribution in [0.5, 0.6) is 0 Å². The van der Waals surface area contributed by atoms with E-state index in [9.17, 15) is 9.59 Å². The zero-order valence-electron chi connectivity index (χ0n) is 13.0. The number of carboxylic acids is 1. The average molecular weight is 296 g/mol. The molecule has 0 spiro atoms. The summed E-state index contributed by atoms with van der Waals surface area (Å²) in [4.78, 5) is 26.7. The Morgan fingerprint density at radius 2 is 2.05 bits per heavy atom. The number of hydrogen-bond donors (Lipinski definition) is 1. The van der Waals surface area contributed by atoms with Crippen molar-refractivity contribution in [2.24, 2.45) is 0 Å². The maximum Gasteiger partial charge on any atom is 0.347 e. The van der Waals surface area contributed by atoms with Crippen LogP contribution >= 0.6 is 0 Å². The van der Waals surface area contributed by atoms with E-state index in [2.05, 4.69) is 4.98 Å². The zero-order chi connectivity index (χ0) is 15.8. The lowest BCUT2D eigenvalue weighted by molar-refractivity contribution is -0.136. The molecular weight excluding hydrogens is 272 g/mol. The summed E-state index contributed by atoms with van der Waals surface area (Å²) in [7, 11) is 0. The highest BCUT2D eigenvalue weighted by Gasteiger charge is 2.12. The second-order valence-electron chi connectivity index (χ2n) is 5.06. The van der Waals surface area contributed by atoms with Crippen molar-refractivity contribution >= 4 is 5.97 Å². The number of carbonyl (C=O) groups is 1. The van der Waals surface area contributed by atoms with Gasteiger partial charge in [0.05, 0.1) is 0 Å². The van der Waals surface area contributed by atoms with Crippen LogP contribution in [-0.4, -0.2) is 33.8 Å². The summed E-state index contributed by atoms with van der Waals surface area (Å²) >= 11 is 0. The number of aryl methyl sites for hydroxylation is 1. The Labute approximate surface area is 124 Å². The van der Waals surface area contributed by atoms with Crippen LogP contribution in [0.3, 0.4) is 0 Å². The molecule has 0 amide bonds. The average Bonchev–Trinajstić information content (AvgIpc) is 2.41. The molecule has 0 saturated heterocycles. The Morgan fingerprint density at radius 3 is 2.67 bits per heavy atom. The van der Waals surface area contributed by atoms with Crippen molar-refractivity contribution < 1.29 is 14.6 Å². The van der Waals surface area contributed by atoms with E-state index in [0.717, 1.165) is 30.7 Å². The smallest absolute Gasteiger partial charge is 0.347 e. The van der Waals surface area contributed by atoms with Crippen LogP contribution < -0.4 is 5.69 Å². The number of aromatic nitrogens is 2. The summed E-state index contributed by atoms with van der Waals surface area (Å²) in [5, 5.41) is 8.80. The molecule has 6 heteroatoms. The molecule has 0 unspecified atom stereocenters. The lowest BCUT2D eigenvalue weighted by atomic mass is 10.1. The number of rotatable bonds is 9. The Morgan fingerprint density at radius 1 is 1.33 bits per heavy atom. The summed E-state index contributed by atoms with van der Waals surface area (Å²) in [6.45, 7) is 7.53. The van der Waals surface area contributed by atoms with Gasteiger partial charge in [0.25, 0.3) is 0 Å². The first-order valence-corrected chi connectivity index (χ1v) is 7.33. The van der Waals surface area contributed by atoms with Crippen LogP contribution in [0.15, 0.2) is 4.79 Å². The molecule has 1 rings (SSSR count). The van der Waals surface area contributed by atoms with Gasteiger partial charge < -0.3 is 9.84 Å². The number of ether oxygens (including phenoxy) is 1. The molecular formula is C15H24N2O4. The van der Waals surface area contributed by atoms with E-state index in [1.807, 2.05) is 13.8 Å². The van der Waals surface area contributed by atoms with Crippen molar-refractivity contribution in [1.29, 1.82) is 0 Å². The monoisotopic (exact) mass is 296 g/mol. The Kier molecular flexibility index (Phi) is 7.08. The molecule has 0 aliphatic heterocycles. The van der Waals surface area contributed by atoms with Crippen LogP contribution in [0.25, 0.3) is 0 Å². The lowest BCUT2D eigenvalue weighted by Gasteiger charge is -2.15. The SMILES string of the molecule is CCCOCCCn1c(C)c(CCC(=O)O)c(C)nc1=O. The van der Waals surface area contributed by atoms with Crippen LogP contribution in [0.4, 0.5) is 0 Å². The minimum atomic E-state index is -0.848. The minimum Gasteiger partial charge on any atom is -0.481 e. The summed E-state index contributed by atoms with van der Waals surface area (Å²) in [5.41, 5.74) is 2.01. The second-order valence-corrected chi connectivity index (χ2v) is 5.06. The van der Waals surface area contributed by atoms with E-state index in [1.165, 1.54) is 0 Å². The number of aliphatic carboxylic acids is 1. The third-order valence-electron chi connectivity index (χ3n) is 3.38. The summed E-state index contributed by atoms with van der Waals surface area (Å²) in [5.74, 6) is -0.848. The molecule has 0 saturated carbocycles. The first-order chi connectivity index (χ1) is 9.97.